The number of carbonyl (C=O) groups excluding carboxylic acids is 1. The summed E-state index contributed by atoms with van der Waals surface area (Å²) < 4.78 is 7.25. The topological polar surface area (TPSA) is 81.1 Å². The molecule has 1 amide bonds. The number of rotatable bonds is 5. The zero-order valence-corrected chi connectivity index (χ0v) is 19.2. The van der Waals surface area contributed by atoms with Gasteiger partial charge in [-0.05, 0) is 49.2 Å². The molecule has 4 aromatic rings. The number of benzene rings is 3. The molecule has 1 unspecified atom stereocenters. The minimum atomic E-state index is -0.486. The summed E-state index contributed by atoms with van der Waals surface area (Å²) >= 11 is 0. The van der Waals surface area contributed by atoms with Crippen LogP contribution in [0.15, 0.2) is 90.1 Å². The lowest BCUT2D eigenvalue weighted by Crippen LogP contribution is -2.31. The molecule has 34 heavy (non-hydrogen) atoms. The summed E-state index contributed by atoms with van der Waals surface area (Å²) in [6, 6.07) is 24.6. The minimum absolute atomic E-state index is 0.206. The lowest BCUT2D eigenvalue weighted by atomic mass is 9.95. The van der Waals surface area contributed by atoms with Crippen LogP contribution in [-0.2, 0) is 4.79 Å². The number of hydrogen-bond donors (Lipinski definition) is 2. The number of fused-ring (bicyclic) bond motifs is 1. The molecule has 5 rings (SSSR count). The van der Waals surface area contributed by atoms with E-state index in [0.29, 0.717) is 23.1 Å². The Bertz CT molecular complexity index is 1390. The number of anilines is 2. The second kappa shape index (κ2) is 8.86. The number of aromatic nitrogens is 3. The molecule has 1 aliphatic rings. The molecular formula is C27H25N5O2. The second-order valence-electron chi connectivity index (χ2n) is 8.18. The number of ether oxygens (including phenoxy) is 1. The predicted octanol–water partition coefficient (Wildman–Crippen LogP) is 5.19. The van der Waals surface area contributed by atoms with E-state index in [9.17, 15) is 4.79 Å². The van der Waals surface area contributed by atoms with Gasteiger partial charge in [0.15, 0.2) is 5.82 Å². The zero-order valence-electron chi connectivity index (χ0n) is 19.2. The van der Waals surface area contributed by atoms with Crippen molar-refractivity contribution in [1.29, 1.82) is 0 Å². The van der Waals surface area contributed by atoms with Crippen LogP contribution in [0.4, 0.5) is 11.6 Å². The van der Waals surface area contributed by atoms with E-state index in [4.69, 9.17) is 14.8 Å². The van der Waals surface area contributed by atoms with E-state index >= 15 is 0 Å². The number of hydrogen-bond acceptors (Lipinski definition) is 5. The highest BCUT2D eigenvalue weighted by atomic mass is 16.5. The van der Waals surface area contributed by atoms with E-state index in [1.165, 1.54) is 0 Å². The normalized spacial score (nSPS) is 14.9. The van der Waals surface area contributed by atoms with Crippen molar-refractivity contribution in [2.45, 2.75) is 19.9 Å². The number of nitrogens with zero attached hydrogens (tertiary/aromatic N) is 3. The maximum atomic E-state index is 13.6. The number of methoxy groups -OCH3 is 1. The van der Waals surface area contributed by atoms with E-state index in [1.807, 2.05) is 92.7 Å². The minimum Gasteiger partial charge on any atom is -0.497 e. The molecule has 0 fully saturated rings. The first-order valence-corrected chi connectivity index (χ1v) is 11.1. The fourth-order valence-corrected chi connectivity index (χ4v) is 4.22. The Labute approximate surface area is 198 Å². The lowest BCUT2D eigenvalue weighted by Gasteiger charge is -2.28. The summed E-state index contributed by atoms with van der Waals surface area (Å²) in [5.41, 5.74) is 4.91. The molecule has 7 heteroatoms. The number of allylic oxidation sites excluding steroid dienone is 1. The standard InChI is InChI=1S/C27H25N5O2/c1-17-10-7-8-15-22(17)25-30-27-28-18(2)23(26(33)29-20-12-5-4-6-13-20)24(32(27)31-25)19-11-9-14-21(16-19)34-3/h4-16,24H,1-3H3,(H,29,33)(H,28,30,31). The Balaban J connectivity index is 1.63. The first-order valence-electron chi connectivity index (χ1n) is 11.1. The Morgan fingerprint density at radius 2 is 1.76 bits per heavy atom. The van der Waals surface area contributed by atoms with Gasteiger partial charge in [-0.3, -0.25) is 4.79 Å². The zero-order chi connectivity index (χ0) is 23.7. The molecule has 0 radical (unpaired) electrons. The summed E-state index contributed by atoms with van der Waals surface area (Å²) in [5, 5.41) is 11.2. The van der Waals surface area contributed by atoms with Gasteiger partial charge in [-0.25, -0.2) is 4.68 Å². The summed E-state index contributed by atoms with van der Waals surface area (Å²) in [5.74, 6) is 1.69. The largest absolute Gasteiger partial charge is 0.497 e. The van der Waals surface area contributed by atoms with Gasteiger partial charge in [0.25, 0.3) is 5.91 Å². The summed E-state index contributed by atoms with van der Waals surface area (Å²) in [6.07, 6.45) is 0. The smallest absolute Gasteiger partial charge is 0.255 e. The summed E-state index contributed by atoms with van der Waals surface area (Å²) in [4.78, 5) is 18.3. The van der Waals surface area contributed by atoms with Gasteiger partial charge in [0, 0.05) is 16.9 Å². The van der Waals surface area contributed by atoms with Gasteiger partial charge in [0.2, 0.25) is 5.95 Å². The fourth-order valence-electron chi connectivity index (χ4n) is 4.22. The first kappa shape index (κ1) is 21.5. The van der Waals surface area contributed by atoms with Crippen molar-refractivity contribution in [3.8, 4) is 17.1 Å². The van der Waals surface area contributed by atoms with Crippen molar-refractivity contribution in [2.24, 2.45) is 0 Å². The van der Waals surface area contributed by atoms with Gasteiger partial charge >= 0.3 is 0 Å². The molecule has 0 saturated heterocycles. The van der Waals surface area contributed by atoms with Gasteiger partial charge in [-0.2, -0.15) is 4.98 Å². The average Bonchev–Trinajstić information content (AvgIpc) is 3.27. The first-order chi connectivity index (χ1) is 16.5. The van der Waals surface area contributed by atoms with E-state index in [0.717, 1.165) is 28.1 Å². The Hall–Kier alpha value is -4.39. The van der Waals surface area contributed by atoms with Gasteiger partial charge in [-0.15, -0.1) is 5.10 Å². The molecule has 1 atom stereocenters. The Morgan fingerprint density at radius 1 is 1.00 bits per heavy atom. The van der Waals surface area contributed by atoms with Crippen molar-refractivity contribution in [3.05, 3.63) is 101 Å². The van der Waals surface area contributed by atoms with Gasteiger partial charge in [0.05, 0.1) is 12.7 Å². The lowest BCUT2D eigenvalue weighted by molar-refractivity contribution is -0.113. The molecular weight excluding hydrogens is 426 g/mol. The summed E-state index contributed by atoms with van der Waals surface area (Å²) in [7, 11) is 1.63. The monoisotopic (exact) mass is 451 g/mol. The molecule has 2 N–H and O–H groups in total. The third kappa shape index (κ3) is 3.92. The quantitative estimate of drug-likeness (QED) is 0.436. The van der Waals surface area contributed by atoms with Crippen molar-refractivity contribution in [1.82, 2.24) is 14.8 Å². The molecule has 1 aromatic heterocycles. The van der Waals surface area contributed by atoms with Crippen molar-refractivity contribution in [2.75, 3.05) is 17.7 Å². The number of carbonyl (C=O) groups is 1. The molecule has 0 bridgehead atoms. The van der Waals surface area contributed by atoms with Gasteiger partial charge in [-0.1, -0.05) is 54.6 Å². The van der Waals surface area contributed by atoms with Crippen LogP contribution in [0.2, 0.25) is 0 Å². The number of amides is 1. The van der Waals surface area contributed by atoms with Crippen LogP contribution in [0.1, 0.15) is 24.1 Å². The predicted molar refractivity (Wildman–Crippen MR) is 133 cm³/mol. The highest BCUT2D eigenvalue weighted by Gasteiger charge is 2.34. The van der Waals surface area contributed by atoms with Crippen molar-refractivity contribution in [3.63, 3.8) is 0 Å². The van der Waals surface area contributed by atoms with Crippen LogP contribution in [0.5, 0.6) is 5.75 Å². The van der Waals surface area contributed by atoms with E-state index < -0.39 is 6.04 Å². The van der Waals surface area contributed by atoms with Crippen LogP contribution in [-0.4, -0.2) is 27.8 Å². The van der Waals surface area contributed by atoms with Crippen LogP contribution in [0.25, 0.3) is 11.4 Å². The number of para-hydroxylation sites is 1. The third-order valence-electron chi connectivity index (χ3n) is 5.92. The number of nitrogens with one attached hydrogen (secondary N) is 2. The molecule has 0 spiro atoms. The maximum Gasteiger partial charge on any atom is 0.255 e. The summed E-state index contributed by atoms with van der Waals surface area (Å²) in [6.45, 7) is 3.92. The maximum absolute atomic E-state index is 13.6. The van der Waals surface area contributed by atoms with Crippen LogP contribution < -0.4 is 15.4 Å². The molecule has 2 heterocycles. The van der Waals surface area contributed by atoms with E-state index in [-0.39, 0.29) is 5.91 Å². The molecule has 3 aromatic carbocycles. The Kier molecular flexibility index (Phi) is 5.59. The van der Waals surface area contributed by atoms with Gasteiger partial charge < -0.3 is 15.4 Å². The van der Waals surface area contributed by atoms with Crippen LogP contribution in [0.3, 0.4) is 0 Å². The molecule has 0 saturated carbocycles. The van der Waals surface area contributed by atoms with E-state index in [1.54, 1.807) is 11.8 Å². The average molecular weight is 452 g/mol. The van der Waals surface area contributed by atoms with Crippen molar-refractivity contribution >= 4 is 17.5 Å². The third-order valence-corrected chi connectivity index (χ3v) is 5.92. The molecule has 7 nitrogen and oxygen atoms in total. The molecule has 0 aliphatic carbocycles. The van der Waals surface area contributed by atoms with Gasteiger partial charge in [0.1, 0.15) is 11.8 Å². The fraction of sp³-hybridized carbons (Fsp3) is 0.148. The highest BCUT2D eigenvalue weighted by Crippen LogP contribution is 2.38. The van der Waals surface area contributed by atoms with Crippen molar-refractivity contribution < 1.29 is 9.53 Å². The Morgan fingerprint density at radius 3 is 2.53 bits per heavy atom. The molecule has 1 aliphatic heterocycles. The molecule has 170 valence electrons. The van der Waals surface area contributed by atoms with Crippen LogP contribution >= 0.6 is 0 Å². The highest BCUT2D eigenvalue weighted by molar-refractivity contribution is 6.06. The van der Waals surface area contributed by atoms with E-state index in [2.05, 4.69) is 10.6 Å². The second-order valence-corrected chi connectivity index (χ2v) is 8.18. The van der Waals surface area contributed by atoms with Crippen LogP contribution in [0, 0.1) is 6.92 Å². The number of aryl methyl sites for hydroxylation is 1. The SMILES string of the molecule is COc1cccc(C2C(C(=O)Nc3ccccc3)=C(C)Nc3nc(-c4ccccc4C)nn32)c1.